The maximum Gasteiger partial charge on any atom is 0.306 e. The van der Waals surface area contributed by atoms with Gasteiger partial charge in [0.05, 0.1) is 12.7 Å². The fraction of sp³-hybridized carbons (Fsp3) is 0.350. The molecule has 28 heavy (non-hydrogen) atoms. The number of hydrogen-bond acceptors (Lipinski definition) is 6. The predicted molar refractivity (Wildman–Crippen MR) is 106 cm³/mol. The summed E-state index contributed by atoms with van der Waals surface area (Å²) in [5.74, 6) is -0.751. The molecule has 0 saturated heterocycles. The molecule has 1 aromatic carbocycles. The Morgan fingerprint density at radius 3 is 2.61 bits per heavy atom. The van der Waals surface area contributed by atoms with Crippen LogP contribution in [0.2, 0.25) is 0 Å². The highest BCUT2D eigenvalue weighted by atomic mass is 32.1. The molecule has 0 spiro atoms. The molecule has 0 fully saturated rings. The first-order valence-electron chi connectivity index (χ1n) is 9.00. The van der Waals surface area contributed by atoms with Crippen LogP contribution in [0.1, 0.15) is 39.2 Å². The van der Waals surface area contributed by atoms with Crippen LogP contribution in [0.15, 0.2) is 24.3 Å². The van der Waals surface area contributed by atoms with E-state index in [4.69, 9.17) is 15.2 Å². The lowest BCUT2D eigenvalue weighted by Gasteiger charge is -2.07. The summed E-state index contributed by atoms with van der Waals surface area (Å²) in [6.45, 7) is -0.401. The maximum atomic E-state index is 12.1. The molecule has 0 radical (unpaired) electrons. The standard InChI is InChI=1S/C20H22N2O5S/c1-26-13-8-5-12(6-9-13)7-10-17(24)27-11-16(23)22-20-18(19(21)25)14-3-2-4-15(14)28-20/h5-6,8-9H,2-4,7,10-11H2,1H3,(H2,21,25)(H,22,23). The summed E-state index contributed by atoms with van der Waals surface area (Å²) in [6.07, 6.45) is 3.34. The molecule has 2 amide bonds. The SMILES string of the molecule is COc1ccc(CCC(=O)OCC(=O)Nc2sc3c(c2C(N)=O)CCC3)cc1. The van der Waals surface area contributed by atoms with Crippen molar-refractivity contribution in [3.05, 3.63) is 45.8 Å². The van der Waals surface area contributed by atoms with Crippen molar-refractivity contribution in [2.45, 2.75) is 32.1 Å². The number of esters is 1. The third kappa shape index (κ3) is 4.69. The minimum Gasteiger partial charge on any atom is -0.497 e. The number of hydrogen-bond donors (Lipinski definition) is 2. The molecule has 3 rings (SSSR count). The van der Waals surface area contributed by atoms with E-state index in [2.05, 4.69) is 5.32 Å². The number of fused-ring (bicyclic) bond motifs is 1. The molecule has 1 aromatic heterocycles. The third-order valence-electron chi connectivity index (χ3n) is 4.56. The Bertz CT molecular complexity index is 889. The van der Waals surface area contributed by atoms with Gasteiger partial charge in [0.2, 0.25) is 0 Å². The normalized spacial score (nSPS) is 12.3. The van der Waals surface area contributed by atoms with Crippen LogP contribution in [0.4, 0.5) is 5.00 Å². The number of primary amides is 1. The van der Waals surface area contributed by atoms with E-state index >= 15 is 0 Å². The number of rotatable bonds is 8. The van der Waals surface area contributed by atoms with Crippen LogP contribution in [0, 0.1) is 0 Å². The second kappa shape index (κ2) is 8.88. The summed E-state index contributed by atoms with van der Waals surface area (Å²) in [7, 11) is 1.59. The zero-order valence-electron chi connectivity index (χ0n) is 15.6. The van der Waals surface area contributed by atoms with Gasteiger partial charge in [0.1, 0.15) is 10.8 Å². The van der Waals surface area contributed by atoms with Crippen LogP contribution in [0.25, 0.3) is 0 Å². The van der Waals surface area contributed by atoms with Crippen LogP contribution in [0.5, 0.6) is 5.75 Å². The van der Waals surface area contributed by atoms with E-state index in [0.29, 0.717) is 17.0 Å². The van der Waals surface area contributed by atoms with Gasteiger partial charge >= 0.3 is 5.97 Å². The maximum absolute atomic E-state index is 12.1. The number of ether oxygens (including phenoxy) is 2. The van der Waals surface area contributed by atoms with Gasteiger partial charge in [-0.3, -0.25) is 14.4 Å². The molecule has 148 valence electrons. The summed E-state index contributed by atoms with van der Waals surface area (Å²) in [5.41, 5.74) is 7.76. The molecule has 8 heteroatoms. The summed E-state index contributed by atoms with van der Waals surface area (Å²) in [6, 6.07) is 7.39. The van der Waals surface area contributed by atoms with Gasteiger partial charge in [0.25, 0.3) is 11.8 Å². The molecule has 1 aliphatic carbocycles. The lowest BCUT2D eigenvalue weighted by molar-refractivity contribution is -0.147. The number of amides is 2. The topological polar surface area (TPSA) is 108 Å². The van der Waals surface area contributed by atoms with E-state index in [9.17, 15) is 14.4 Å². The quantitative estimate of drug-likeness (QED) is 0.660. The van der Waals surface area contributed by atoms with Gasteiger partial charge in [0.15, 0.2) is 6.61 Å². The highest BCUT2D eigenvalue weighted by Gasteiger charge is 2.26. The zero-order valence-corrected chi connectivity index (χ0v) is 16.4. The van der Waals surface area contributed by atoms with E-state index in [1.807, 2.05) is 24.3 Å². The Labute approximate surface area is 166 Å². The van der Waals surface area contributed by atoms with Crippen LogP contribution in [-0.4, -0.2) is 31.5 Å². The van der Waals surface area contributed by atoms with Gasteiger partial charge in [-0.05, 0) is 48.9 Å². The monoisotopic (exact) mass is 402 g/mol. The first-order valence-corrected chi connectivity index (χ1v) is 9.82. The Hall–Kier alpha value is -2.87. The fourth-order valence-corrected chi connectivity index (χ4v) is 4.48. The van der Waals surface area contributed by atoms with E-state index in [1.165, 1.54) is 11.3 Å². The molecule has 2 aromatic rings. The Morgan fingerprint density at radius 2 is 1.93 bits per heavy atom. The largest absolute Gasteiger partial charge is 0.497 e. The predicted octanol–water partition coefficient (Wildman–Crippen LogP) is 2.46. The average molecular weight is 402 g/mol. The fourth-order valence-electron chi connectivity index (χ4n) is 3.17. The minimum absolute atomic E-state index is 0.166. The van der Waals surface area contributed by atoms with Crippen LogP contribution in [0.3, 0.4) is 0 Å². The van der Waals surface area contributed by atoms with E-state index in [1.54, 1.807) is 7.11 Å². The molecule has 3 N–H and O–H groups in total. The first-order chi connectivity index (χ1) is 13.5. The number of nitrogens with one attached hydrogen (secondary N) is 1. The van der Waals surface area contributed by atoms with E-state index in [0.717, 1.165) is 41.0 Å². The summed E-state index contributed by atoms with van der Waals surface area (Å²) in [4.78, 5) is 36.8. The Balaban J connectivity index is 1.48. The van der Waals surface area contributed by atoms with Gasteiger partial charge in [-0.25, -0.2) is 0 Å². The molecular formula is C20H22N2O5S. The second-order valence-corrected chi connectivity index (χ2v) is 7.59. The lowest BCUT2D eigenvalue weighted by Crippen LogP contribution is -2.22. The number of carbonyl (C=O) groups excluding carboxylic acids is 3. The van der Waals surface area contributed by atoms with Gasteiger partial charge in [0, 0.05) is 11.3 Å². The van der Waals surface area contributed by atoms with Crippen molar-refractivity contribution in [1.82, 2.24) is 0 Å². The number of carbonyl (C=O) groups is 3. The number of nitrogens with two attached hydrogens (primary N) is 1. The Kier molecular flexibility index (Phi) is 6.30. The van der Waals surface area contributed by atoms with Crippen LogP contribution in [-0.2, 0) is 33.6 Å². The number of thiophene rings is 1. The average Bonchev–Trinajstić information content (AvgIpc) is 3.25. The van der Waals surface area contributed by atoms with Gasteiger partial charge in [-0.15, -0.1) is 11.3 Å². The molecule has 7 nitrogen and oxygen atoms in total. The van der Waals surface area contributed by atoms with Crippen LogP contribution >= 0.6 is 11.3 Å². The van der Waals surface area contributed by atoms with Crippen LogP contribution < -0.4 is 15.8 Å². The molecule has 1 aliphatic rings. The van der Waals surface area contributed by atoms with Crippen molar-refractivity contribution in [1.29, 1.82) is 0 Å². The van der Waals surface area contributed by atoms with Gasteiger partial charge in [-0.2, -0.15) is 0 Å². The first kappa shape index (κ1) is 19.9. The van der Waals surface area contributed by atoms with Crippen molar-refractivity contribution >= 4 is 34.1 Å². The molecule has 0 aliphatic heterocycles. The van der Waals surface area contributed by atoms with Crippen molar-refractivity contribution < 1.29 is 23.9 Å². The van der Waals surface area contributed by atoms with Crippen molar-refractivity contribution in [3.63, 3.8) is 0 Å². The third-order valence-corrected chi connectivity index (χ3v) is 5.77. The highest BCUT2D eigenvalue weighted by molar-refractivity contribution is 7.17. The van der Waals surface area contributed by atoms with Gasteiger partial charge in [-0.1, -0.05) is 12.1 Å². The Morgan fingerprint density at radius 1 is 1.18 bits per heavy atom. The molecule has 0 unspecified atom stereocenters. The summed E-state index contributed by atoms with van der Waals surface area (Å²) >= 11 is 1.37. The molecule has 0 bridgehead atoms. The molecule has 1 heterocycles. The zero-order chi connectivity index (χ0) is 20.1. The number of anilines is 1. The van der Waals surface area contributed by atoms with Gasteiger partial charge < -0.3 is 20.5 Å². The minimum atomic E-state index is -0.550. The smallest absolute Gasteiger partial charge is 0.306 e. The van der Waals surface area contributed by atoms with E-state index in [-0.39, 0.29) is 6.42 Å². The number of aryl methyl sites for hydroxylation is 2. The summed E-state index contributed by atoms with van der Waals surface area (Å²) in [5, 5.41) is 3.09. The second-order valence-electron chi connectivity index (χ2n) is 6.48. The number of methoxy groups -OCH3 is 1. The van der Waals surface area contributed by atoms with Crippen molar-refractivity contribution in [2.75, 3.05) is 19.0 Å². The van der Waals surface area contributed by atoms with Crippen molar-refractivity contribution in [3.8, 4) is 5.75 Å². The highest BCUT2D eigenvalue weighted by Crippen LogP contribution is 2.38. The van der Waals surface area contributed by atoms with E-state index < -0.39 is 24.4 Å². The van der Waals surface area contributed by atoms with Crippen molar-refractivity contribution in [2.24, 2.45) is 5.73 Å². The lowest BCUT2D eigenvalue weighted by atomic mass is 10.1. The molecule has 0 atom stereocenters. The summed E-state index contributed by atoms with van der Waals surface area (Å²) < 4.78 is 10.1. The molecular weight excluding hydrogens is 380 g/mol. The molecule has 0 saturated carbocycles. The number of benzene rings is 1.